The standard InChI is InChI=1S/C27H20F4N4O2/c1-3-36-20-11-8-16(9-12-20)22-14-19(28)10-13-21(22)26-33-24(34-37-26)17-4-6-18(7-5-17)25-32-23(15-35(25)2)27(29,30)31/h4-15H,3H2,1-2H3. The smallest absolute Gasteiger partial charge is 0.434 e. The lowest BCUT2D eigenvalue weighted by molar-refractivity contribution is -0.140. The van der Waals surface area contributed by atoms with Crippen molar-refractivity contribution in [3.05, 3.63) is 84.4 Å². The second-order valence-corrected chi connectivity index (χ2v) is 8.21. The Labute approximate surface area is 209 Å². The SMILES string of the molecule is CCOc1ccc(-c2cc(F)ccc2-c2nc(-c3ccc(-c4nc(C(F)(F)F)cn4C)cc3)no2)cc1. The molecule has 2 aromatic heterocycles. The van der Waals surface area contributed by atoms with Crippen LogP contribution in [0.25, 0.3) is 45.4 Å². The molecule has 0 N–H and O–H groups in total. The third-order valence-electron chi connectivity index (χ3n) is 5.68. The van der Waals surface area contributed by atoms with Gasteiger partial charge >= 0.3 is 6.18 Å². The maximum absolute atomic E-state index is 14.1. The van der Waals surface area contributed by atoms with Gasteiger partial charge in [-0.1, -0.05) is 41.6 Å². The van der Waals surface area contributed by atoms with Crippen molar-refractivity contribution in [3.63, 3.8) is 0 Å². The Bertz CT molecular complexity index is 1540. The van der Waals surface area contributed by atoms with E-state index in [-0.39, 0.29) is 17.5 Å². The van der Waals surface area contributed by atoms with Crippen LogP contribution in [-0.2, 0) is 13.2 Å². The molecule has 0 aliphatic heterocycles. The Morgan fingerprint density at radius 1 is 0.865 bits per heavy atom. The van der Waals surface area contributed by atoms with Crippen LogP contribution in [0.3, 0.4) is 0 Å². The lowest BCUT2D eigenvalue weighted by Gasteiger charge is -2.08. The molecule has 0 fully saturated rings. The molecule has 3 aromatic carbocycles. The summed E-state index contributed by atoms with van der Waals surface area (Å²) in [5.74, 6) is 0.944. The van der Waals surface area contributed by atoms with Crippen LogP contribution in [-0.4, -0.2) is 26.3 Å². The molecule has 0 spiro atoms. The molecular formula is C27H20F4N4O2. The highest BCUT2D eigenvalue weighted by molar-refractivity contribution is 5.80. The van der Waals surface area contributed by atoms with Crippen molar-refractivity contribution in [2.24, 2.45) is 7.05 Å². The summed E-state index contributed by atoms with van der Waals surface area (Å²) in [6, 6.07) is 18.1. The minimum absolute atomic E-state index is 0.180. The van der Waals surface area contributed by atoms with Crippen molar-refractivity contribution >= 4 is 0 Å². The number of ether oxygens (including phenoxy) is 1. The normalized spacial score (nSPS) is 11.6. The Balaban J connectivity index is 1.44. The third kappa shape index (κ3) is 4.95. The minimum atomic E-state index is -4.53. The van der Waals surface area contributed by atoms with Crippen LogP contribution in [0.1, 0.15) is 12.6 Å². The summed E-state index contributed by atoms with van der Waals surface area (Å²) in [5.41, 5.74) is 2.00. The van der Waals surface area contributed by atoms with Crippen LogP contribution in [0.5, 0.6) is 5.75 Å². The fourth-order valence-electron chi connectivity index (χ4n) is 3.93. The van der Waals surface area contributed by atoms with Crippen LogP contribution in [0.4, 0.5) is 17.6 Å². The molecule has 0 bridgehead atoms. The first-order valence-corrected chi connectivity index (χ1v) is 11.3. The summed E-state index contributed by atoms with van der Waals surface area (Å²) in [4.78, 5) is 8.18. The van der Waals surface area contributed by atoms with Crippen molar-refractivity contribution in [1.29, 1.82) is 0 Å². The highest BCUT2D eigenvalue weighted by Gasteiger charge is 2.34. The van der Waals surface area contributed by atoms with Gasteiger partial charge in [0.25, 0.3) is 5.89 Å². The van der Waals surface area contributed by atoms with Crippen LogP contribution in [0.15, 0.2) is 77.4 Å². The summed E-state index contributed by atoms with van der Waals surface area (Å²) >= 11 is 0. The number of hydrogen-bond donors (Lipinski definition) is 0. The summed E-state index contributed by atoms with van der Waals surface area (Å²) < 4.78 is 65.4. The number of halogens is 4. The fraction of sp³-hybridized carbons (Fsp3) is 0.148. The fourth-order valence-corrected chi connectivity index (χ4v) is 3.93. The first-order valence-electron chi connectivity index (χ1n) is 11.3. The molecule has 0 atom stereocenters. The van der Waals surface area contributed by atoms with Gasteiger partial charge in [0.1, 0.15) is 17.4 Å². The first kappa shape index (κ1) is 24.2. The van der Waals surface area contributed by atoms with Crippen molar-refractivity contribution < 1.29 is 26.8 Å². The summed E-state index contributed by atoms with van der Waals surface area (Å²) in [6.07, 6.45) is -3.58. The van der Waals surface area contributed by atoms with Gasteiger partial charge < -0.3 is 13.8 Å². The highest BCUT2D eigenvalue weighted by Crippen LogP contribution is 2.35. The highest BCUT2D eigenvalue weighted by atomic mass is 19.4. The molecule has 5 aromatic rings. The van der Waals surface area contributed by atoms with Gasteiger partial charge in [0.2, 0.25) is 5.82 Å². The Kier molecular flexibility index (Phi) is 6.24. The van der Waals surface area contributed by atoms with E-state index in [2.05, 4.69) is 15.1 Å². The molecule has 0 unspecified atom stereocenters. The number of benzene rings is 3. The molecular weight excluding hydrogens is 488 g/mol. The maximum Gasteiger partial charge on any atom is 0.434 e. The topological polar surface area (TPSA) is 66.0 Å². The number of nitrogens with zero attached hydrogens (tertiary/aromatic N) is 4. The van der Waals surface area contributed by atoms with Gasteiger partial charge in [0.05, 0.1) is 6.61 Å². The molecule has 2 heterocycles. The molecule has 5 rings (SSSR count). The molecule has 0 saturated heterocycles. The van der Waals surface area contributed by atoms with E-state index in [4.69, 9.17) is 9.26 Å². The number of alkyl halides is 3. The Hall–Kier alpha value is -4.47. The number of hydrogen-bond acceptors (Lipinski definition) is 5. The average Bonchev–Trinajstić information content (AvgIpc) is 3.52. The summed E-state index contributed by atoms with van der Waals surface area (Å²) in [5, 5.41) is 4.05. The predicted octanol–water partition coefficient (Wildman–Crippen LogP) is 7.03. The molecule has 188 valence electrons. The number of aromatic nitrogens is 4. The average molecular weight is 508 g/mol. The molecule has 0 aliphatic rings. The minimum Gasteiger partial charge on any atom is -0.494 e. The van der Waals surface area contributed by atoms with Crippen LogP contribution < -0.4 is 4.74 Å². The van der Waals surface area contributed by atoms with E-state index >= 15 is 0 Å². The molecule has 37 heavy (non-hydrogen) atoms. The second-order valence-electron chi connectivity index (χ2n) is 8.21. The monoisotopic (exact) mass is 508 g/mol. The van der Waals surface area contributed by atoms with E-state index in [0.717, 1.165) is 11.8 Å². The van der Waals surface area contributed by atoms with Gasteiger partial charge in [-0.05, 0) is 48.4 Å². The summed E-state index contributed by atoms with van der Waals surface area (Å²) in [7, 11) is 1.50. The first-order chi connectivity index (χ1) is 17.7. The van der Waals surface area contributed by atoms with Gasteiger partial charge in [-0.25, -0.2) is 9.37 Å². The van der Waals surface area contributed by atoms with Crippen LogP contribution in [0, 0.1) is 5.82 Å². The van der Waals surface area contributed by atoms with E-state index < -0.39 is 17.7 Å². The number of aryl methyl sites for hydroxylation is 1. The number of rotatable bonds is 6. The van der Waals surface area contributed by atoms with Gasteiger partial charge in [0, 0.05) is 29.9 Å². The van der Waals surface area contributed by atoms with Gasteiger partial charge in [-0.2, -0.15) is 18.2 Å². The van der Waals surface area contributed by atoms with Crippen LogP contribution in [0.2, 0.25) is 0 Å². The summed E-state index contributed by atoms with van der Waals surface area (Å²) in [6.45, 7) is 2.42. The Morgan fingerprint density at radius 2 is 1.54 bits per heavy atom. The van der Waals surface area contributed by atoms with Crippen molar-refractivity contribution in [2.45, 2.75) is 13.1 Å². The third-order valence-corrected chi connectivity index (χ3v) is 5.68. The Morgan fingerprint density at radius 3 is 2.19 bits per heavy atom. The lowest BCUT2D eigenvalue weighted by Crippen LogP contribution is -2.04. The maximum atomic E-state index is 14.1. The van der Waals surface area contributed by atoms with E-state index in [1.165, 1.54) is 23.7 Å². The zero-order valence-corrected chi connectivity index (χ0v) is 19.8. The largest absolute Gasteiger partial charge is 0.494 e. The lowest BCUT2D eigenvalue weighted by atomic mass is 9.99. The van der Waals surface area contributed by atoms with Gasteiger partial charge in [0.15, 0.2) is 5.69 Å². The quantitative estimate of drug-likeness (QED) is 0.231. The van der Waals surface area contributed by atoms with Crippen molar-refractivity contribution in [3.8, 4) is 51.1 Å². The van der Waals surface area contributed by atoms with Crippen molar-refractivity contribution in [2.75, 3.05) is 6.61 Å². The van der Waals surface area contributed by atoms with E-state index in [0.29, 0.717) is 34.6 Å². The van der Waals surface area contributed by atoms with E-state index in [1.807, 2.05) is 19.1 Å². The molecule has 0 amide bonds. The van der Waals surface area contributed by atoms with Gasteiger partial charge in [-0.15, -0.1) is 0 Å². The molecule has 10 heteroatoms. The molecule has 0 radical (unpaired) electrons. The molecule has 0 aliphatic carbocycles. The molecule has 6 nitrogen and oxygen atoms in total. The van der Waals surface area contributed by atoms with E-state index in [1.54, 1.807) is 42.5 Å². The van der Waals surface area contributed by atoms with Crippen molar-refractivity contribution in [1.82, 2.24) is 19.7 Å². The van der Waals surface area contributed by atoms with E-state index in [9.17, 15) is 17.6 Å². The van der Waals surface area contributed by atoms with Crippen LogP contribution >= 0.6 is 0 Å². The zero-order chi connectivity index (χ0) is 26.2. The zero-order valence-electron chi connectivity index (χ0n) is 19.8. The second kappa shape index (κ2) is 9.53. The number of imidazole rings is 1. The predicted molar refractivity (Wildman–Crippen MR) is 129 cm³/mol. The van der Waals surface area contributed by atoms with Gasteiger partial charge in [-0.3, -0.25) is 0 Å². The molecule has 0 saturated carbocycles.